The Hall–Kier alpha value is -2.12. The van der Waals surface area contributed by atoms with Crippen LogP contribution in [0.1, 0.15) is 46.3 Å². The Balaban J connectivity index is 2.17. The molecule has 8 heteroatoms. The average Bonchev–Trinajstić information content (AvgIpc) is 2.86. The van der Waals surface area contributed by atoms with Crippen molar-refractivity contribution in [3.8, 4) is 0 Å². The van der Waals surface area contributed by atoms with E-state index in [9.17, 15) is 4.79 Å². The van der Waals surface area contributed by atoms with Crippen molar-refractivity contribution in [1.82, 2.24) is 25.3 Å². The van der Waals surface area contributed by atoms with Gasteiger partial charge in [0.25, 0.3) is 0 Å². The van der Waals surface area contributed by atoms with E-state index >= 15 is 0 Å². The van der Waals surface area contributed by atoms with Gasteiger partial charge in [0.2, 0.25) is 11.8 Å². The molecule has 1 amide bonds. The minimum absolute atomic E-state index is 0.113. The standard InChI is InChI=1S/C16H28N6O2/c1-7-17-15(18-8-13-19-12(4)24-20-13)21-9-14(23)22(11(2)3)16(5,6)10-21/h11H,7-10H2,1-6H3,(H,17,18). The van der Waals surface area contributed by atoms with E-state index in [-0.39, 0.29) is 17.5 Å². The maximum Gasteiger partial charge on any atom is 0.242 e. The number of carbonyl (C=O) groups excluding carboxylic acids is 1. The van der Waals surface area contributed by atoms with Crippen molar-refractivity contribution in [3.05, 3.63) is 11.7 Å². The van der Waals surface area contributed by atoms with Crippen LogP contribution in [0.3, 0.4) is 0 Å². The summed E-state index contributed by atoms with van der Waals surface area (Å²) in [7, 11) is 0. The van der Waals surface area contributed by atoms with Crippen molar-refractivity contribution in [2.75, 3.05) is 19.6 Å². The van der Waals surface area contributed by atoms with E-state index in [1.165, 1.54) is 0 Å². The largest absolute Gasteiger partial charge is 0.356 e. The molecule has 0 atom stereocenters. The van der Waals surface area contributed by atoms with Crippen LogP contribution in [0.2, 0.25) is 0 Å². The van der Waals surface area contributed by atoms with E-state index in [4.69, 9.17) is 4.52 Å². The maximum absolute atomic E-state index is 12.6. The van der Waals surface area contributed by atoms with Gasteiger partial charge in [0.05, 0.1) is 12.1 Å². The minimum Gasteiger partial charge on any atom is -0.356 e. The van der Waals surface area contributed by atoms with E-state index in [1.54, 1.807) is 6.92 Å². The predicted molar refractivity (Wildman–Crippen MR) is 91.5 cm³/mol. The van der Waals surface area contributed by atoms with Gasteiger partial charge in [0.1, 0.15) is 6.54 Å². The van der Waals surface area contributed by atoms with Crippen LogP contribution in [-0.4, -0.2) is 63.0 Å². The predicted octanol–water partition coefficient (Wildman–Crippen LogP) is 1.17. The molecule has 8 nitrogen and oxygen atoms in total. The molecule has 0 aromatic carbocycles. The second-order valence-electron chi connectivity index (χ2n) is 6.93. The van der Waals surface area contributed by atoms with Gasteiger partial charge in [-0.1, -0.05) is 5.16 Å². The summed E-state index contributed by atoms with van der Waals surface area (Å²) in [5, 5.41) is 7.11. The molecule has 0 radical (unpaired) electrons. The second kappa shape index (κ2) is 7.19. The van der Waals surface area contributed by atoms with Gasteiger partial charge in [0, 0.05) is 26.1 Å². The topological polar surface area (TPSA) is 86.9 Å². The molecule has 1 fully saturated rings. The summed E-state index contributed by atoms with van der Waals surface area (Å²) in [5.74, 6) is 1.87. The number of hydrogen-bond acceptors (Lipinski definition) is 5. The molecule has 24 heavy (non-hydrogen) atoms. The summed E-state index contributed by atoms with van der Waals surface area (Å²) < 4.78 is 4.97. The second-order valence-corrected chi connectivity index (χ2v) is 6.93. The Morgan fingerprint density at radius 3 is 2.67 bits per heavy atom. The van der Waals surface area contributed by atoms with Crippen LogP contribution < -0.4 is 5.32 Å². The molecule has 2 heterocycles. The normalized spacial score (nSPS) is 18.5. The first-order valence-electron chi connectivity index (χ1n) is 8.39. The smallest absolute Gasteiger partial charge is 0.242 e. The van der Waals surface area contributed by atoms with E-state index in [0.29, 0.717) is 37.3 Å². The highest BCUT2D eigenvalue weighted by Crippen LogP contribution is 2.24. The van der Waals surface area contributed by atoms with Gasteiger partial charge >= 0.3 is 0 Å². The van der Waals surface area contributed by atoms with Crippen LogP contribution >= 0.6 is 0 Å². The molecule has 1 saturated heterocycles. The molecule has 1 N–H and O–H groups in total. The summed E-state index contributed by atoms with van der Waals surface area (Å²) in [6, 6.07) is 0.177. The maximum atomic E-state index is 12.6. The average molecular weight is 336 g/mol. The zero-order valence-electron chi connectivity index (χ0n) is 15.5. The Bertz CT molecular complexity index is 607. The SMILES string of the molecule is CCNC(=NCc1noc(C)n1)N1CC(=O)N(C(C)C)C(C)(C)C1. The Kier molecular flexibility index (Phi) is 5.46. The molecule has 2 rings (SSSR count). The number of nitrogens with zero attached hydrogens (tertiary/aromatic N) is 5. The van der Waals surface area contributed by atoms with Gasteiger partial charge < -0.3 is 19.6 Å². The highest BCUT2D eigenvalue weighted by Gasteiger charge is 2.40. The molecule has 0 bridgehead atoms. The van der Waals surface area contributed by atoms with Gasteiger partial charge in [-0.2, -0.15) is 4.98 Å². The van der Waals surface area contributed by atoms with Crippen molar-refractivity contribution in [3.63, 3.8) is 0 Å². The summed E-state index contributed by atoms with van der Waals surface area (Å²) in [5.41, 5.74) is -0.261. The van der Waals surface area contributed by atoms with Crippen LogP contribution in [-0.2, 0) is 11.3 Å². The lowest BCUT2D eigenvalue weighted by molar-refractivity contribution is -0.145. The first-order valence-corrected chi connectivity index (χ1v) is 8.39. The highest BCUT2D eigenvalue weighted by atomic mass is 16.5. The quantitative estimate of drug-likeness (QED) is 0.656. The zero-order valence-corrected chi connectivity index (χ0v) is 15.5. The van der Waals surface area contributed by atoms with Crippen molar-refractivity contribution < 1.29 is 9.32 Å². The summed E-state index contributed by atoms with van der Waals surface area (Å²) in [6.07, 6.45) is 0. The zero-order chi connectivity index (χ0) is 17.9. The molecular formula is C16H28N6O2. The van der Waals surface area contributed by atoms with Crippen LogP contribution in [0.15, 0.2) is 9.52 Å². The Labute approximate surface area is 143 Å². The van der Waals surface area contributed by atoms with Crippen LogP contribution in [0.5, 0.6) is 0 Å². The Morgan fingerprint density at radius 2 is 2.17 bits per heavy atom. The number of hydrogen-bond donors (Lipinski definition) is 1. The first-order chi connectivity index (χ1) is 11.2. The van der Waals surface area contributed by atoms with Crippen molar-refractivity contribution >= 4 is 11.9 Å². The Morgan fingerprint density at radius 1 is 1.46 bits per heavy atom. The lowest BCUT2D eigenvalue weighted by atomic mass is 9.96. The first kappa shape index (κ1) is 18.2. The summed E-state index contributed by atoms with van der Waals surface area (Å²) in [4.78, 5) is 25.3. The third-order valence-corrected chi connectivity index (χ3v) is 3.92. The van der Waals surface area contributed by atoms with E-state index < -0.39 is 0 Å². The number of rotatable bonds is 4. The number of aliphatic imine (C=N–C) groups is 1. The fourth-order valence-electron chi connectivity index (χ4n) is 3.29. The van der Waals surface area contributed by atoms with Crippen LogP contribution in [0, 0.1) is 6.92 Å². The molecule has 0 unspecified atom stereocenters. The lowest BCUT2D eigenvalue weighted by Gasteiger charge is -2.49. The molecule has 134 valence electrons. The minimum atomic E-state index is -0.261. The van der Waals surface area contributed by atoms with E-state index in [2.05, 4.69) is 34.3 Å². The number of aromatic nitrogens is 2. The van der Waals surface area contributed by atoms with Gasteiger partial charge in [0.15, 0.2) is 11.8 Å². The molecule has 0 saturated carbocycles. The fourth-order valence-corrected chi connectivity index (χ4v) is 3.29. The van der Waals surface area contributed by atoms with Crippen LogP contribution in [0.25, 0.3) is 0 Å². The molecule has 1 aliphatic rings. The number of carbonyl (C=O) groups is 1. The van der Waals surface area contributed by atoms with Crippen molar-refractivity contribution in [1.29, 1.82) is 0 Å². The van der Waals surface area contributed by atoms with E-state index in [0.717, 1.165) is 6.54 Å². The number of amides is 1. The molecule has 0 aliphatic carbocycles. The van der Waals surface area contributed by atoms with Crippen LogP contribution in [0.4, 0.5) is 0 Å². The van der Waals surface area contributed by atoms with Gasteiger partial charge in [-0.3, -0.25) is 4.79 Å². The number of nitrogens with one attached hydrogen (secondary N) is 1. The lowest BCUT2D eigenvalue weighted by Crippen LogP contribution is -2.66. The van der Waals surface area contributed by atoms with Crippen molar-refractivity contribution in [2.24, 2.45) is 4.99 Å². The van der Waals surface area contributed by atoms with Gasteiger partial charge in [-0.05, 0) is 34.6 Å². The highest BCUT2D eigenvalue weighted by molar-refractivity contribution is 5.88. The number of piperazine rings is 1. The van der Waals surface area contributed by atoms with Gasteiger partial charge in [-0.25, -0.2) is 4.99 Å². The molecule has 1 aromatic rings. The molecule has 1 aromatic heterocycles. The van der Waals surface area contributed by atoms with Crippen molar-refractivity contribution in [2.45, 2.75) is 59.7 Å². The molecule has 1 aliphatic heterocycles. The molecule has 0 spiro atoms. The monoisotopic (exact) mass is 336 g/mol. The molecular weight excluding hydrogens is 308 g/mol. The van der Waals surface area contributed by atoms with Gasteiger partial charge in [-0.15, -0.1) is 0 Å². The van der Waals surface area contributed by atoms with E-state index in [1.807, 2.05) is 30.6 Å². The fraction of sp³-hybridized carbons (Fsp3) is 0.750. The summed E-state index contributed by atoms with van der Waals surface area (Å²) in [6.45, 7) is 14.1. The number of aryl methyl sites for hydroxylation is 1. The third-order valence-electron chi connectivity index (χ3n) is 3.92. The summed E-state index contributed by atoms with van der Waals surface area (Å²) >= 11 is 0. The number of guanidine groups is 1. The third kappa shape index (κ3) is 4.04.